The quantitative estimate of drug-likeness (QED) is 0.0356. The van der Waals surface area contributed by atoms with Crippen molar-refractivity contribution in [2.24, 2.45) is 5.73 Å². The van der Waals surface area contributed by atoms with Crippen LogP contribution in [0.4, 0.5) is 0 Å². The highest BCUT2D eigenvalue weighted by molar-refractivity contribution is 7.47. The van der Waals surface area contributed by atoms with Crippen molar-refractivity contribution in [1.82, 2.24) is 5.32 Å². The van der Waals surface area contributed by atoms with Gasteiger partial charge in [-0.15, -0.1) is 0 Å². The van der Waals surface area contributed by atoms with Crippen LogP contribution in [-0.4, -0.2) is 47.8 Å². The molecule has 5 N–H and O–H groups in total. The molecule has 55 heavy (non-hydrogen) atoms. The van der Waals surface area contributed by atoms with Crippen molar-refractivity contribution in [2.75, 3.05) is 19.8 Å². The smallest absolute Gasteiger partial charge is 0.391 e. The lowest BCUT2D eigenvalue weighted by atomic mass is 10.0. The molecule has 330 valence electrons. The van der Waals surface area contributed by atoms with Crippen LogP contribution in [0.3, 0.4) is 0 Å². The number of carbonyl (C=O) groups excluding carboxylic acids is 1. The molecule has 3 atom stereocenters. The first-order chi connectivity index (χ1) is 26.9. The molecule has 0 saturated heterocycles. The third-order valence-electron chi connectivity index (χ3n) is 11.2. The number of rotatable bonds is 46. The minimum atomic E-state index is -4.31. The van der Waals surface area contributed by atoms with E-state index in [1.54, 1.807) is 0 Å². The van der Waals surface area contributed by atoms with Crippen LogP contribution in [0.25, 0.3) is 0 Å². The predicted octanol–water partition coefficient (Wildman–Crippen LogP) is 13.8. The first-order valence-corrected chi connectivity index (χ1v) is 25.6. The molecule has 9 heteroatoms. The fourth-order valence-electron chi connectivity index (χ4n) is 7.55. The molecule has 1 amide bonds. The minimum Gasteiger partial charge on any atom is -0.391 e. The van der Waals surface area contributed by atoms with Crippen molar-refractivity contribution in [3.05, 3.63) is 0 Å². The summed E-state index contributed by atoms with van der Waals surface area (Å²) < 4.78 is 22.2. The van der Waals surface area contributed by atoms with Crippen molar-refractivity contribution in [2.45, 2.75) is 270 Å². The first-order valence-electron chi connectivity index (χ1n) is 24.2. The lowest BCUT2D eigenvalue weighted by Gasteiger charge is -2.25. The van der Waals surface area contributed by atoms with E-state index >= 15 is 0 Å². The number of phosphoric ester groups is 1. The zero-order valence-electron chi connectivity index (χ0n) is 36.7. The summed E-state index contributed by atoms with van der Waals surface area (Å²) in [6.45, 7) is 4.24. The van der Waals surface area contributed by atoms with E-state index in [1.807, 2.05) is 0 Å². The summed E-state index contributed by atoms with van der Waals surface area (Å²) in [4.78, 5) is 22.8. The topological polar surface area (TPSA) is 131 Å². The molecule has 0 aliphatic heterocycles. The van der Waals surface area contributed by atoms with Crippen LogP contribution < -0.4 is 11.1 Å². The van der Waals surface area contributed by atoms with Gasteiger partial charge in [0.05, 0.1) is 25.4 Å². The van der Waals surface area contributed by atoms with E-state index in [1.165, 1.54) is 193 Å². The van der Waals surface area contributed by atoms with Crippen molar-refractivity contribution >= 4 is 13.7 Å². The number of aliphatic hydroxyl groups excluding tert-OH is 1. The molecular formula is C46H95N2O6P. The number of hydrogen-bond donors (Lipinski definition) is 4. The number of nitrogens with one attached hydrogen (secondary N) is 1. The third kappa shape index (κ3) is 41.5. The van der Waals surface area contributed by atoms with Gasteiger partial charge in [-0.05, 0) is 12.8 Å². The Morgan fingerprint density at radius 2 is 0.836 bits per heavy atom. The van der Waals surface area contributed by atoms with Crippen LogP contribution in [0.2, 0.25) is 0 Å². The number of amides is 1. The summed E-state index contributed by atoms with van der Waals surface area (Å²) >= 11 is 0. The monoisotopic (exact) mass is 803 g/mol. The van der Waals surface area contributed by atoms with Gasteiger partial charge < -0.3 is 21.1 Å². The van der Waals surface area contributed by atoms with E-state index in [2.05, 4.69) is 19.2 Å². The summed E-state index contributed by atoms with van der Waals surface area (Å²) in [5, 5.41) is 13.8. The molecular weight excluding hydrogens is 707 g/mol. The van der Waals surface area contributed by atoms with Crippen LogP contribution in [0.1, 0.15) is 258 Å². The zero-order chi connectivity index (χ0) is 40.3. The largest absolute Gasteiger partial charge is 0.472 e. The first kappa shape index (κ1) is 54.5. The number of aliphatic hydroxyl groups is 1. The molecule has 0 radical (unpaired) electrons. The van der Waals surface area contributed by atoms with Crippen molar-refractivity contribution in [3.8, 4) is 0 Å². The maximum atomic E-state index is 12.8. The van der Waals surface area contributed by atoms with Gasteiger partial charge in [-0.1, -0.05) is 239 Å². The minimum absolute atomic E-state index is 0.0925. The Hall–Kier alpha value is -0.500. The summed E-state index contributed by atoms with van der Waals surface area (Å²) in [5.41, 5.74) is 5.38. The van der Waals surface area contributed by atoms with Crippen molar-refractivity contribution in [1.29, 1.82) is 0 Å². The van der Waals surface area contributed by atoms with Crippen LogP contribution >= 0.6 is 7.82 Å². The number of nitrogens with two attached hydrogens (primary N) is 1. The van der Waals surface area contributed by atoms with Crippen molar-refractivity contribution in [3.63, 3.8) is 0 Å². The number of carbonyl (C=O) groups is 1. The average molecular weight is 803 g/mol. The normalized spacial score (nSPS) is 13.9. The molecule has 0 fully saturated rings. The molecule has 0 rings (SSSR count). The highest BCUT2D eigenvalue weighted by Crippen LogP contribution is 2.43. The molecule has 0 aliphatic carbocycles. The van der Waals surface area contributed by atoms with Gasteiger partial charge in [0.25, 0.3) is 0 Å². The van der Waals surface area contributed by atoms with Crippen LogP contribution in [0.5, 0.6) is 0 Å². The van der Waals surface area contributed by atoms with Crippen molar-refractivity contribution < 1.29 is 28.4 Å². The number of hydrogen-bond acceptors (Lipinski definition) is 6. The Kier molecular flexibility index (Phi) is 42.7. The second kappa shape index (κ2) is 43.1. The van der Waals surface area contributed by atoms with Gasteiger partial charge in [0.1, 0.15) is 0 Å². The Labute approximate surface area is 342 Å². The summed E-state index contributed by atoms with van der Waals surface area (Å²) in [6.07, 6.45) is 47.0. The van der Waals surface area contributed by atoms with E-state index in [9.17, 15) is 19.4 Å². The van der Waals surface area contributed by atoms with Crippen LogP contribution in [-0.2, 0) is 18.4 Å². The maximum absolute atomic E-state index is 12.8. The molecule has 1 unspecified atom stereocenters. The van der Waals surface area contributed by atoms with E-state index < -0.39 is 20.0 Å². The Morgan fingerprint density at radius 3 is 1.16 bits per heavy atom. The lowest BCUT2D eigenvalue weighted by Crippen LogP contribution is -2.46. The molecule has 8 nitrogen and oxygen atoms in total. The Morgan fingerprint density at radius 1 is 0.527 bits per heavy atom. The number of phosphoric acid groups is 1. The maximum Gasteiger partial charge on any atom is 0.472 e. The molecule has 0 heterocycles. The zero-order valence-corrected chi connectivity index (χ0v) is 37.6. The molecule has 0 aromatic rings. The van der Waals surface area contributed by atoms with Gasteiger partial charge in [0.2, 0.25) is 5.91 Å². The molecule has 0 aromatic carbocycles. The fourth-order valence-corrected chi connectivity index (χ4v) is 8.31. The standard InChI is InChI=1S/C46H95N2O6P/c1-3-5-7-9-11-13-15-17-18-19-20-21-22-23-24-25-26-27-28-30-32-34-36-38-40-46(50)48-44(43-54-55(51,52)53-42-41-47)45(49)39-37-35-33-31-29-16-14-12-10-8-6-4-2/h44-45,49H,3-43,47H2,1-2H3,(H,48,50)(H,51,52)/t44-,45+/m0/s1. The van der Waals surface area contributed by atoms with E-state index in [-0.39, 0.29) is 25.7 Å². The molecule has 0 aliphatic rings. The van der Waals surface area contributed by atoms with Gasteiger partial charge >= 0.3 is 7.82 Å². The van der Waals surface area contributed by atoms with Crippen LogP contribution in [0.15, 0.2) is 0 Å². The van der Waals surface area contributed by atoms with Gasteiger partial charge in [-0.2, -0.15) is 0 Å². The summed E-state index contributed by atoms with van der Waals surface area (Å²) in [5.74, 6) is -0.156. The molecule has 0 spiro atoms. The van der Waals surface area contributed by atoms with Crippen LogP contribution in [0, 0.1) is 0 Å². The Bertz CT molecular complexity index is 834. The van der Waals surface area contributed by atoms with Gasteiger partial charge in [0.15, 0.2) is 0 Å². The fraction of sp³-hybridized carbons (Fsp3) is 0.978. The SMILES string of the molecule is CCCCCCCCCCCCCCCCCCCCCCCCCCC(=O)N[C@@H](COP(=O)(O)OCCN)[C@H](O)CCCCCCCCCCCCCC. The van der Waals surface area contributed by atoms with Gasteiger partial charge in [-0.3, -0.25) is 13.8 Å². The summed E-state index contributed by atoms with van der Waals surface area (Å²) in [7, 11) is -4.31. The number of unbranched alkanes of at least 4 members (excludes halogenated alkanes) is 34. The molecule has 0 saturated carbocycles. The van der Waals surface area contributed by atoms with Gasteiger partial charge in [-0.25, -0.2) is 4.57 Å². The Balaban J connectivity index is 3.94. The van der Waals surface area contributed by atoms with E-state index in [0.717, 1.165) is 38.5 Å². The predicted molar refractivity (Wildman–Crippen MR) is 236 cm³/mol. The molecule has 0 aromatic heterocycles. The molecule has 0 bridgehead atoms. The summed E-state index contributed by atoms with van der Waals surface area (Å²) in [6, 6.07) is -0.767. The highest BCUT2D eigenvalue weighted by Gasteiger charge is 2.27. The highest BCUT2D eigenvalue weighted by atomic mass is 31.2. The van der Waals surface area contributed by atoms with E-state index in [4.69, 9.17) is 14.8 Å². The lowest BCUT2D eigenvalue weighted by molar-refractivity contribution is -0.123. The van der Waals surface area contributed by atoms with E-state index in [0.29, 0.717) is 12.8 Å². The second-order valence-electron chi connectivity index (χ2n) is 16.7. The average Bonchev–Trinajstić information content (AvgIpc) is 3.17. The second-order valence-corrected chi connectivity index (χ2v) is 18.1. The van der Waals surface area contributed by atoms with Gasteiger partial charge in [0, 0.05) is 13.0 Å². The third-order valence-corrected chi connectivity index (χ3v) is 12.2.